The van der Waals surface area contributed by atoms with E-state index in [2.05, 4.69) is 14.4 Å². The van der Waals surface area contributed by atoms with Gasteiger partial charge in [0.1, 0.15) is 5.69 Å². The van der Waals surface area contributed by atoms with Gasteiger partial charge in [-0.15, -0.1) is 4.99 Å². The summed E-state index contributed by atoms with van der Waals surface area (Å²) in [5.41, 5.74) is 0.596. The van der Waals surface area contributed by atoms with E-state index in [9.17, 15) is 4.79 Å². The van der Waals surface area contributed by atoms with Crippen molar-refractivity contribution in [2.45, 2.75) is 6.92 Å². The molecule has 0 aliphatic heterocycles. The fourth-order valence-electron chi connectivity index (χ4n) is 0.445. The molecule has 1 heterocycles. The maximum absolute atomic E-state index is 9.64. The first-order chi connectivity index (χ1) is 4.34. The SMILES string of the molecule is Cc1ncoc1N=C=O. The van der Waals surface area contributed by atoms with Gasteiger partial charge in [0.05, 0.1) is 0 Å². The molecule has 0 bridgehead atoms. The van der Waals surface area contributed by atoms with Gasteiger partial charge in [-0.25, -0.2) is 9.78 Å². The van der Waals surface area contributed by atoms with E-state index in [-0.39, 0.29) is 5.88 Å². The van der Waals surface area contributed by atoms with Crippen molar-refractivity contribution in [3.05, 3.63) is 12.1 Å². The summed E-state index contributed by atoms with van der Waals surface area (Å²) in [5, 5.41) is 0. The van der Waals surface area contributed by atoms with Gasteiger partial charge >= 0.3 is 0 Å². The zero-order valence-corrected chi connectivity index (χ0v) is 4.79. The van der Waals surface area contributed by atoms with Gasteiger partial charge in [-0.3, -0.25) is 0 Å². The number of aryl methyl sites for hydroxylation is 1. The van der Waals surface area contributed by atoms with Crippen molar-refractivity contribution < 1.29 is 9.21 Å². The van der Waals surface area contributed by atoms with Crippen LogP contribution >= 0.6 is 0 Å². The van der Waals surface area contributed by atoms with Crippen molar-refractivity contribution in [3.63, 3.8) is 0 Å². The van der Waals surface area contributed by atoms with Gasteiger partial charge < -0.3 is 4.42 Å². The van der Waals surface area contributed by atoms with Crippen LogP contribution in [0, 0.1) is 6.92 Å². The molecular formula is C5H4N2O2. The maximum atomic E-state index is 9.64. The number of rotatable bonds is 1. The van der Waals surface area contributed by atoms with Gasteiger partial charge in [-0.1, -0.05) is 0 Å². The number of isocyanates is 1. The molecule has 4 nitrogen and oxygen atoms in total. The first kappa shape index (κ1) is 5.72. The van der Waals surface area contributed by atoms with Crippen LogP contribution in [-0.2, 0) is 4.79 Å². The molecule has 0 fully saturated rings. The van der Waals surface area contributed by atoms with E-state index in [1.54, 1.807) is 6.92 Å². The number of hydrogen-bond acceptors (Lipinski definition) is 4. The van der Waals surface area contributed by atoms with Crippen LogP contribution in [0.2, 0.25) is 0 Å². The van der Waals surface area contributed by atoms with Crippen LogP contribution in [0.25, 0.3) is 0 Å². The summed E-state index contributed by atoms with van der Waals surface area (Å²) in [6.45, 7) is 1.69. The lowest BCUT2D eigenvalue weighted by molar-refractivity contribution is 0.551. The Bertz CT molecular complexity index is 247. The van der Waals surface area contributed by atoms with Crippen LogP contribution in [0.4, 0.5) is 5.88 Å². The van der Waals surface area contributed by atoms with Gasteiger partial charge in [-0.2, -0.15) is 0 Å². The number of oxazole rings is 1. The quantitative estimate of drug-likeness (QED) is 0.413. The molecule has 0 saturated heterocycles. The van der Waals surface area contributed by atoms with Crippen LogP contribution in [0.3, 0.4) is 0 Å². The summed E-state index contributed by atoms with van der Waals surface area (Å²) < 4.78 is 4.66. The molecule has 46 valence electrons. The Morgan fingerprint density at radius 2 is 2.67 bits per heavy atom. The van der Waals surface area contributed by atoms with Gasteiger partial charge in [0, 0.05) is 0 Å². The first-order valence-corrected chi connectivity index (χ1v) is 2.32. The summed E-state index contributed by atoms with van der Waals surface area (Å²) >= 11 is 0. The molecule has 0 saturated carbocycles. The lowest BCUT2D eigenvalue weighted by Gasteiger charge is -1.77. The second-order valence-electron chi connectivity index (χ2n) is 1.45. The molecule has 0 aliphatic carbocycles. The van der Waals surface area contributed by atoms with Crippen LogP contribution in [0.15, 0.2) is 15.8 Å². The van der Waals surface area contributed by atoms with E-state index in [4.69, 9.17) is 0 Å². The second kappa shape index (κ2) is 2.24. The first-order valence-electron chi connectivity index (χ1n) is 2.32. The van der Waals surface area contributed by atoms with Gasteiger partial charge in [-0.05, 0) is 6.92 Å². The van der Waals surface area contributed by atoms with Crippen molar-refractivity contribution >= 4 is 12.0 Å². The Balaban J connectivity index is 3.07. The van der Waals surface area contributed by atoms with Crippen molar-refractivity contribution in [1.82, 2.24) is 4.98 Å². The van der Waals surface area contributed by atoms with E-state index >= 15 is 0 Å². The third-order valence-electron chi connectivity index (χ3n) is 0.867. The number of aromatic nitrogens is 1. The molecule has 0 atom stereocenters. The van der Waals surface area contributed by atoms with Gasteiger partial charge in [0.2, 0.25) is 6.08 Å². The molecule has 0 N–H and O–H groups in total. The van der Waals surface area contributed by atoms with E-state index in [0.29, 0.717) is 5.69 Å². The number of nitrogens with zero attached hydrogens (tertiary/aromatic N) is 2. The molecule has 4 heteroatoms. The predicted octanol–water partition coefficient (Wildman–Crippen LogP) is 0.950. The second-order valence-corrected chi connectivity index (χ2v) is 1.45. The van der Waals surface area contributed by atoms with Crippen molar-refractivity contribution in [2.75, 3.05) is 0 Å². The van der Waals surface area contributed by atoms with Gasteiger partial charge in [0.25, 0.3) is 5.88 Å². The molecule has 1 aromatic rings. The van der Waals surface area contributed by atoms with E-state index < -0.39 is 0 Å². The fraction of sp³-hybridized carbons (Fsp3) is 0.200. The molecule has 0 aliphatic rings. The monoisotopic (exact) mass is 124 g/mol. The summed E-state index contributed by atoms with van der Waals surface area (Å²) in [7, 11) is 0. The molecule has 9 heavy (non-hydrogen) atoms. The summed E-state index contributed by atoms with van der Waals surface area (Å²) in [6, 6.07) is 0. The zero-order chi connectivity index (χ0) is 6.69. The summed E-state index contributed by atoms with van der Waals surface area (Å²) in [6.07, 6.45) is 2.58. The van der Waals surface area contributed by atoms with Gasteiger partial charge in [0.15, 0.2) is 6.39 Å². The largest absolute Gasteiger partial charge is 0.425 e. The Morgan fingerprint density at radius 3 is 3.11 bits per heavy atom. The number of aliphatic imine (C=N–C) groups is 1. The fourth-order valence-corrected chi connectivity index (χ4v) is 0.445. The Kier molecular flexibility index (Phi) is 1.42. The minimum absolute atomic E-state index is 0.227. The Hall–Kier alpha value is -1.41. The lowest BCUT2D eigenvalue weighted by atomic mass is 10.5. The van der Waals surface area contributed by atoms with Crippen molar-refractivity contribution in [3.8, 4) is 0 Å². The third-order valence-corrected chi connectivity index (χ3v) is 0.867. The number of carbonyl (C=O) groups excluding carboxylic acids is 1. The van der Waals surface area contributed by atoms with E-state index in [1.165, 1.54) is 12.5 Å². The highest BCUT2D eigenvalue weighted by atomic mass is 16.4. The van der Waals surface area contributed by atoms with Crippen LogP contribution in [-0.4, -0.2) is 11.1 Å². The van der Waals surface area contributed by atoms with Crippen LogP contribution in [0.5, 0.6) is 0 Å². The van der Waals surface area contributed by atoms with Crippen molar-refractivity contribution in [2.24, 2.45) is 4.99 Å². The summed E-state index contributed by atoms with van der Waals surface area (Å²) in [4.78, 5) is 16.6. The topological polar surface area (TPSA) is 55.5 Å². The van der Waals surface area contributed by atoms with Crippen LogP contribution in [0.1, 0.15) is 5.69 Å². The van der Waals surface area contributed by atoms with Crippen LogP contribution < -0.4 is 0 Å². The molecule has 0 aromatic carbocycles. The minimum atomic E-state index is 0.227. The highest BCUT2D eigenvalue weighted by molar-refractivity contribution is 5.44. The summed E-state index contributed by atoms with van der Waals surface area (Å²) in [5.74, 6) is 0.227. The zero-order valence-electron chi connectivity index (χ0n) is 4.79. The predicted molar refractivity (Wildman–Crippen MR) is 29.0 cm³/mol. The van der Waals surface area contributed by atoms with E-state index in [0.717, 1.165) is 0 Å². The lowest BCUT2D eigenvalue weighted by Crippen LogP contribution is -1.65. The standard InChI is InChI=1S/C5H4N2O2/c1-4-5(6-2-8)9-3-7-4/h3H,1H3. The highest BCUT2D eigenvalue weighted by Gasteiger charge is 1.97. The maximum Gasteiger partial charge on any atom is 0.253 e. The minimum Gasteiger partial charge on any atom is -0.425 e. The normalized spacial score (nSPS) is 8.56. The molecule has 0 spiro atoms. The molecule has 1 rings (SSSR count). The Labute approximate surface area is 51.2 Å². The molecule has 1 aromatic heterocycles. The number of hydrogen-bond donors (Lipinski definition) is 0. The molecule has 0 radical (unpaired) electrons. The average molecular weight is 124 g/mol. The highest BCUT2D eigenvalue weighted by Crippen LogP contribution is 2.13. The molecule has 0 amide bonds. The third kappa shape index (κ3) is 1.03. The molecule has 0 unspecified atom stereocenters. The Morgan fingerprint density at radius 1 is 1.89 bits per heavy atom. The van der Waals surface area contributed by atoms with E-state index in [1.807, 2.05) is 0 Å². The van der Waals surface area contributed by atoms with Crippen molar-refractivity contribution in [1.29, 1.82) is 0 Å². The average Bonchev–Trinajstić information content (AvgIpc) is 2.18. The molecular weight excluding hydrogens is 120 g/mol. The smallest absolute Gasteiger partial charge is 0.253 e.